The summed E-state index contributed by atoms with van der Waals surface area (Å²) in [6.45, 7) is 1.71. The van der Waals surface area contributed by atoms with Crippen LogP contribution in [0.15, 0.2) is 52.0 Å². The van der Waals surface area contributed by atoms with E-state index in [1.165, 1.54) is 17.8 Å². The molecule has 0 heterocycles. The average molecular weight is 249 g/mol. The summed E-state index contributed by atoms with van der Waals surface area (Å²) in [5, 5.41) is 19.7. The van der Waals surface area contributed by atoms with E-state index in [0.29, 0.717) is 12.1 Å². The summed E-state index contributed by atoms with van der Waals surface area (Å²) in [5.41, 5.74) is 5.61. The minimum absolute atomic E-state index is 0.199. The lowest BCUT2D eigenvalue weighted by Gasteiger charge is -2.24. The molecule has 0 aliphatic heterocycles. The van der Waals surface area contributed by atoms with Crippen LogP contribution in [0.3, 0.4) is 0 Å². The largest absolute Gasteiger partial charge is 0.507 e. The van der Waals surface area contributed by atoms with E-state index in [0.717, 1.165) is 9.80 Å². The first-order valence-corrected chi connectivity index (χ1v) is 6.16. The quantitative estimate of drug-likeness (QED) is 0.705. The molecule has 3 nitrogen and oxygen atoms in total. The Bertz CT molecular complexity index is 492. The molecular formula is C13H15NO2S. The van der Waals surface area contributed by atoms with Gasteiger partial charge in [0.2, 0.25) is 0 Å². The van der Waals surface area contributed by atoms with Crippen LogP contribution in [0.25, 0.3) is 0 Å². The van der Waals surface area contributed by atoms with Crippen molar-refractivity contribution in [2.24, 2.45) is 0 Å². The molecule has 4 heteroatoms. The zero-order chi connectivity index (χ0) is 12.5. The van der Waals surface area contributed by atoms with Gasteiger partial charge in [-0.2, -0.15) is 0 Å². The fourth-order valence-electron chi connectivity index (χ4n) is 1.62. The number of para-hydroxylation sites is 1. The van der Waals surface area contributed by atoms with Crippen molar-refractivity contribution in [1.29, 1.82) is 0 Å². The van der Waals surface area contributed by atoms with Crippen LogP contribution in [0.5, 0.6) is 0 Å². The summed E-state index contributed by atoms with van der Waals surface area (Å²) in [7, 11) is 0. The molecule has 0 saturated carbocycles. The molecule has 0 spiro atoms. The molecule has 17 heavy (non-hydrogen) atoms. The number of hydrogen-bond donors (Lipinski definition) is 3. The minimum Gasteiger partial charge on any atom is -0.507 e. The van der Waals surface area contributed by atoms with Crippen LogP contribution in [0.1, 0.15) is 13.3 Å². The summed E-state index contributed by atoms with van der Waals surface area (Å²) in [5.74, 6) is 0.199. The molecule has 2 rings (SSSR count). The van der Waals surface area contributed by atoms with Gasteiger partial charge in [-0.15, -0.1) is 0 Å². The monoisotopic (exact) mass is 249 g/mol. The third-order valence-electron chi connectivity index (χ3n) is 2.56. The first-order chi connectivity index (χ1) is 7.98. The second-order valence-corrected chi connectivity index (χ2v) is 5.45. The number of aliphatic hydroxyl groups is 2. The fraction of sp³-hybridized carbons (Fsp3) is 0.231. The van der Waals surface area contributed by atoms with Gasteiger partial charge in [-0.3, -0.25) is 0 Å². The molecule has 0 amide bonds. The summed E-state index contributed by atoms with van der Waals surface area (Å²) in [6, 6.07) is 7.47. The van der Waals surface area contributed by atoms with E-state index in [-0.39, 0.29) is 5.76 Å². The van der Waals surface area contributed by atoms with Crippen molar-refractivity contribution in [2.45, 2.75) is 23.8 Å². The maximum absolute atomic E-state index is 9.93. The van der Waals surface area contributed by atoms with Gasteiger partial charge in [-0.05, 0) is 31.2 Å². The third-order valence-corrected chi connectivity index (χ3v) is 3.75. The van der Waals surface area contributed by atoms with E-state index >= 15 is 0 Å². The number of nitrogen functional groups attached to an aromatic ring is 1. The van der Waals surface area contributed by atoms with Crippen LogP contribution in [0.2, 0.25) is 0 Å². The number of allylic oxidation sites excluding steroid dienone is 1. The summed E-state index contributed by atoms with van der Waals surface area (Å²) >= 11 is 1.39. The molecule has 0 bridgehead atoms. The average Bonchev–Trinajstić information content (AvgIpc) is 2.26. The highest BCUT2D eigenvalue weighted by molar-refractivity contribution is 8.03. The van der Waals surface area contributed by atoms with Gasteiger partial charge in [0.05, 0.1) is 5.60 Å². The number of thioether (sulfide) groups is 1. The molecule has 1 aliphatic carbocycles. The summed E-state index contributed by atoms with van der Waals surface area (Å²) < 4.78 is 0. The van der Waals surface area contributed by atoms with Crippen molar-refractivity contribution < 1.29 is 10.2 Å². The van der Waals surface area contributed by atoms with Crippen LogP contribution in [-0.2, 0) is 0 Å². The van der Waals surface area contributed by atoms with Gasteiger partial charge in [-0.25, -0.2) is 0 Å². The van der Waals surface area contributed by atoms with Gasteiger partial charge >= 0.3 is 0 Å². The Morgan fingerprint density at radius 2 is 2.06 bits per heavy atom. The maximum Gasteiger partial charge on any atom is 0.125 e. The van der Waals surface area contributed by atoms with E-state index < -0.39 is 5.60 Å². The molecule has 0 aromatic heterocycles. The van der Waals surface area contributed by atoms with E-state index in [2.05, 4.69) is 0 Å². The van der Waals surface area contributed by atoms with Gasteiger partial charge in [0.15, 0.2) is 0 Å². The summed E-state index contributed by atoms with van der Waals surface area (Å²) in [6.07, 6.45) is 3.53. The second kappa shape index (κ2) is 4.47. The van der Waals surface area contributed by atoms with Crippen LogP contribution >= 0.6 is 11.8 Å². The number of rotatable bonds is 2. The van der Waals surface area contributed by atoms with Gasteiger partial charge in [0.1, 0.15) is 5.76 Å². The van der Waals surface area contributed by atoms with E-state index in [1.807, 2.05) is 24.3 Å². The van der Waals surface area contributed by atoms with Crippen molar-refractivity contribution in [3.63, 3.8) is 0 Å². The highest BCUT2D eigenvalue weighted by Gasteiger charge is 2.25. The Labute approximate surface area is 105 Å². The highest BCUT2D eigenvalue weighted by atomic mass is 32.2. The molecule has 90 valence electrons. The molecule has 0 fully saturated rings. The Morgan fingerprint density at radius 3 is 2.76 bits per heavy atom. The molecular weight excluding hydrogens is 234 g/mol. The number of aliphatic hydroxyl groups excluding tert-OH is 1. The predicted molar refractivity (Wildman–Crippen MR) is 70.7 cm³/mol. The molecule has 1 aromatic carbocycles. The maximum atomic E-state index is 9.93. The van der Waals surface area contributed by atoms with E-state index in [9.17, 15) is 10.2 Å². The third kappa shape index (κ3) is 2.84. The van der Waals surface area contributed by atoms with Crippen molar-refractivity contribution >= 4 is 17.4 Å². The number of benzene rings is 1. The van der Waals surface area contributed by atoms with Crippen LogP contribution in [0, 0.1) is 0 Å². The van der Waals surface area contributed by atoms with Crippen LogP contribution in [-0.4, -0.2) is 15.8 Å². The van der Waals surface area contributed by atoms with E-state index in [1.54, 1.807) is 13.0 Å². The van der Waals surface area contributed by atoms with Crippen LogP contribution < -0.4 is 5.73 Å². The SMILES string of the molecule is CC1(O)C=CC(O)=C(Sc2ccccc2N)C1. The molecule has 0 saturated heterocycles. The van der Waals surface area contributed by atoms with E-state index in [4.69, 9.17) is 5.73 Å². The lowest BCUT2D eigenvalue weighted by Crippen LogP contribution is -2.23. The minimum atomic E-state index is -0.905. The zero-order valence-corrected chi connectivity index (χ0v) is 10.4. The van der Waals surface area contributed by atoms with Gasteiger partial charge in [0.25, 0.3) is 0 Å². The highest BCUT2D eigenvalue weighted by Crippen LogP contribution is 2.39. The standard InChI is InChI=1S/C13H15NO2S/c1-13(16)7-6-10(15)12(8-13)17-11-5-3-2-4-9(11)14/h2-7,15-16H,8,14H2,1H3. The first kappa shape index (κ1) is 12.1. The topological polar surface area (TPSA) is 66.5 Å². The lowest BCUT2D eigenvalue weighted by atomic mass is 9.97. The zero-order valence-electron chi connectivity index (χ0n) is 9.55. The fourth-order valence-corrected chi connectivity index (χ4v) is 2.76. The molecule has 1 atom stereocenters. The molecule has 1 aliphatic rings. The molecule has 1 aromatic rings. The number of hydrogen-bond acceptors (Lipinski definition) is 4. The van der Waals surface area contributed by atoms with Gasteiger partial charge in [-0.1, -0.05) is 23.9 Å². The molecule has 4 N–H and O–H groups in total. The Balaban J connectivity index is 2.25. The number of nitrogens with two attached hydrogens (primary N) is 1. The van der Waals surface area contributed by atoms with Crippen molar-refractivity contribution in [1.82, 2.24) is 0 Å². The Hall–Kier alpha value is -1.39. The normalized spacial score (nSPS) is 24.1. The van der Waals surface area contributed by atoms with Gasteiger partial charge in [0, 0.05) is 21.9 Å². The second-order valence-electron chi connectivity index (χ2n) is 4.32. The lowest BCUT2D eigenvalue weighted by molar-refractivity contribution is 0.110. The number of anilines is 1. The first-order valence-electron chi connectivity index (χ1n) is 5.34. The molecule has 0 radical (unpaired) electrons. The van der Waals surface area contributed by atoms with Gasteiger partial charge < -0.3 is 15.9 Å². The van der Waals surface area contributed by atoms with Crippen molar-refractivity contribution in [3.05, 3.63) is 47.1 Å². The Morgan fingerprint density at radius 1 is 1.35 bits per heavy atom. The van der Waals surface area contributed by atoms with Crippen LogP contribution in [0.4, 0.5) is 5.69 Å². The Kier molecular flexibility index (Phi) is 3.17. The smallest absolute Gasteiger partial charge is 0.125 e. The predicted octanol–water partition coefficient (Wildman–Crippen LogP) is 2.84. The van der Waals surface area contributed by atoms with Crippen molar-refractivity contribution in [3.8, 4) is 0 Å². The molecule has 1 unspecified atom stereocenters. The summed E-state index contributed by atoms with van der Waals surface area (Å²) in [4.78, 5) is 1.62. The van der Waals surface area contributed by atoms with Crippen molar-refractivity contribution in [2.75, 3.05) is 5.73 Å².